The van der Waals surface area contributed by atoms with Gasteiger partial charge in [-0.1, -0.05) is 30.3 Å². The van der Waals surface area contributed by atoms with Crippen LogP contribution < -0.4 is 20.7 Å². The summed E-state index contributed by atoms with van der Waals surface area (Å²) in [6.45, 7) is 5.30. The van der Waals surface area contributed by atoms with E-state index < -0.39 is 11.7 Å². The fourth-order valence-corrected chi connectivity index (χ4v) is 2.30. The molecule has 0 aliphatic carbocycles. The molecule has 160 valence electrons. The molecule has 2 rings (SSSR count). The van der Waals surface area contributed by atoms with E-state index in [4.69, 9.17) is 9.47 Å². The van der Waals surface area contributed by atoms with E-state index in [0.717, 1.165) is 5.56 Å². The standard InChI is InChI=1S/C22H27N3O5/c1-22(2,3)30-21(28)24-14-19(26)25-17-11-9-16(10-12-17)13-23-20(27)15-29-18-7-5-4-6-8-18/h4-12H,13-15H2,1-3H3,(H,23,27)(H,24,28)(H,25,26). The summed E-state index contributed by atoms with van der Waals surface area (Å²) in [5.74, 6) is 0.0262. The summed E-state index contributed by atoms with van der Waals surface area (Å²) in [5.41, 5.74) is 0.820. The number of carbonyl (C=O) groups excluding carboxylic acids is 3. The molecule has 0 aromatic heterocycles. The zero-order valence-corrected chi connectivity index (χ0v) is 17.4. The van der Waals surface area contributed by atoms with Gasteiger partial charge in [-0.2, -0.15) is 0 Å². The van der Waals surface area contributed by atoms with Crippen molar-refractivity contribution in [1.82, 2.24) is 10.6 Å². The molecule has 30 heavy (non-hydrogen) atoms. The minimum absolute atomic E-state index is 0.0667. The molecule has 8 nitrogen and oxygen atoms in total. The third-order valence-electron chi connectivity index (χ3n) is 3.63. The maximum atomic E-state index is 11.9. The minimum Gasteiger partial charge on any atom is -0.484 e. The normalized spacial score (nSPS) is 10.6. The van der Waals surface area contributed by atoms with Gasteiger partial charge in [0.25, 0.3) is 5.91 Å². The zero-order chi connectivity index (χ0) is 22.0. The number of carbonyl (C=O) groups is 3. The van der Waals surface area contributed by atoms with E-state index in [1.165, 1.54) is 0 Å². The van der Waals surface area contributed by atoms with Crippen LogP contribution in [0.25, 0.3) is 0 Å². The van der Waals surface area contributed by atoms with Gasteiger partial charge >= 0.3 is 6.09 Å². The molecule has 0 bridgehead atoms. The molecular formula is C22H27N3O5. The molecule has 0 atom stereocenters. The SMILES string of the molecule is CC(C)(C)OC(=O)NCC(=O)Nc1ccc(CNC(=O)COc2ccccc2)cc1. The van der Waals surface area contributed by atoms with Crippen molar-refractivity contribution in [2.75, 3.05) is 18.5 Å². The molecule has 2 aromatic carbocycles. The van der Waals surface area contributed by atoms with E-state index >= 15 is 0 Å². The number of benzene rings is 2. The van der Waals surface area contributed by atoms with Gasteiger partial charge in [0.2, 0.25) is 5.91 Å². The monoisotopic (exact) mass is 413 g/mol. The van der Waals surface area contributed by atoms with Crippen molar-refractivity contribution in [3.05, 3.63) is 60.2 Å². The molecule has 0 spiro atoms. The Morgan fingerprint density at radius 2 is 1.53 bits per heavy atom. The van der Waals surface area contributed by atoms with E-state index in [0.29, 0.717) is 18.0 Å². The molecule has 3 N–H and O–H groups in total. The van der Waals surface area contributed by atoms with Crippen LogP contribution in [0.3, 0.4) is 0 Å². The van der Waals surface area contributed by atoms with Gasteiger partial charge in [-0.25, -0.2) is 4.79 Å². The highest BCUT2D eigenvalue weighted by Gasteiger charge is 2.16. The summed E-state index contributed by atoms with van der Waals surface area (Å²) in [4.78, 5) is 35.4. The quantitative estimate of drug-likeness (QED) is 0.617. The van der Waals surface area contributed by atoms with Crippen LogP contribution in [0.2, 0.25) is 0 Å². The van der Waals surface area contributed by atoms with Crippen molar-refractivity contribution in [2.45, 2.75) is 32.9 Å². The molecule has 0 saturated heterocycles. The van der Waals surface area contributed by atoms with Crippen molar-refractivity contribution >= 4 is 23.6 Å². The smallest absolute Gasteiger partial charge is 0.408 e. The third kappa shape index (κ3) is 9.09. The predicted octanol–water partition coefficient (Wildman–Crippen LogP) is 2.84. The number of amides is 3. The number of rotatable bonds is 8. The second kappa shape index (κ2) is 10.8. The van der Waals surface area contributed by atoms with Crippen molar-refractivity contribution in [1.29, 1.82) is 0 Å². The first-order chi connectivity index (χ1) is 14.2. The molecule has 3 amide bonds. The maximum Gasteiger partial charge on any atom is 0.408 e. The number of para-hydroxylation sites is 1. The lowest BCUT2D eigenvalue weighted by atomic mass is 10.2. The van der Waals surface area contributed by atoms with Gasteiger partial charge in [-0.3, -0.25) is 9.59 Å². The summed E-state index contributed by atoms with van der Waals surface area (Å²) < 4.78 is 10.5. The zero-order valence-electron chi connectivity index (χ0n) is 17.4. The molecule has 2 aromatic rings. The van der Waals surface area contributed by atoms with Crippen molar-refractivity contribution in [3.8, 4) is 5.75 Å². The highest BCUT2D eigenvalue weighted by molar-refractivity contribution is 5.93. The first-order valence-electron chi connectivity index (χ1n) is 9.51. The van der Waals surface area contributed by atoms with Gasteiger partial charge in [-0.15, -0.1) is 0 Å². The number of hydrogen-bond donors (Lipinski definition) is 3. The van der Waals surface area contributed by atoms with Gasteiger partial charge in [0.1, 0.15) is 17.9 Å². The second-order valence-corrected chi connectivity index (χ2v) is 7.48. The number of nitrogens with one attached hydrogen (secondary N) is 3. The van der Waals surface area contributed by atoms with E-state index in [-0.39, 0.29) is 25.0 Å². The second-order valence-electron chi connectivity index (χ2n) is 7.48. The molecule has 0 aliphatic heterocycles. The van der Waals surface area contributed by atoms with Crippen molar-refractivity contribution < 1.29 is 23.9 Å². The molecule has 8 heteroatoms. The summed E-state index contributed by atoms with van der Waals surface area (Å²) in [6, 6.07) is 16.1. The first-order valence-corrected chi connectivity index (χ1v) is 9.51. The van der Waals surface area contributed by atoms with Crippen LogP contribution in [0.5, 0.6) is 5.75 Å². The molecule has 0 heterocycles. The van der Waals surface area contributed by atoms with E-state index in [9.17, 15) is 14.4 Å². The lowest BCUT2D eigenvalue weighted by Gasteiger charge is -2.19. The Hall–Kier alpha value is -3.55. The Bertz CT molecular complexity index is 845. The van der Waals surface area contributed by atoms with Crippen LogP contribution in [0.1, 0.15) is 26.3 Å². The first kappa shape index (κ1) is 22.7. The molecule has 0 radical (unpaired) electrons. The van der Waals surface area contributed by atoms with E-state index in [1.807, 2.05) is 18.2 Å². The van der Waals surface area contributed by atoms with Crippen LogP contribution in [0.15, 0.2) is 54.6 Å². The van der Waals surface area contributed by atoms with Gasteiger partial charge < -0.3 is 25.4 Å². The average molecular weight is 413 g/mol. The van der Waals surface area contributed by atoms with Crippen molar-refractivity contribution in [2.24, 2.45) is 0 Å². The van der Waals surface area contributed by atoms with Crippen LogP contribution in [0, 0.1) is 0 Å². The maximum absolute atomic E-state index is 11.9. The molecule has 0 aliphatic rings. The molecule has 0 saturated carbocycles. The van der Waals surface area contributed by atoms with E-state index in [1.54, 1.807) is 57.2 Å². The predicted molar refractivity (Wildman–Crippen MR) is 113 cm³/mol. The summed E-state index contributed by atoms with van der Waals surface area (Å²) in [7, 11) is 0. The average Bonchev–Trinajstić information content (AvgIpc) is 2.70. The largest absolute Gasteiger partial charge is 0.484 e. The van der Waals surface area contributed by atoms with Crippen LogP contribution >= 0.6 is 0 Å². The van der Waals surface area contributed by atoms with Gasteiger partial charge in [0, 0.05) is 12.2 Å². The lowest BCUT2D eigenvalue weighted by Crippen LogP contribution is -2.37. The summed E-state index contributed by atoms with van der Waals surface area (Å²) in [6.07, 6.45) is -0.653. The van der Waals surface area contributed by atoms with Gasteiger partial charge in [0.15, 0.2) is 6.61 Å². The number of anilines is 1. The fraction of sp³-hybridized carbons (Fsp3) is 0.318. The topological polar surface area (TPSA) is 106 Å². The number of ether oxygens (including phenoxy) is 2. The lowest BCUT2D eigenvalue weighted by molar-refractivity contribution is -0.123. The van der Waals surface area contributed by atoms with Crippen LogP contribution in [-0.4, -0.2) is 36.7 Å². The fourth-order valence-electron chi connectivity index (χ4n) is 2.30. The molecular weight excluding hydrogens is 386 g/mol. The van der Waals surface area contributed by atoms with Crippen molar-refractivity contribution in [3.63, 3.8) is 0 Å². The summed E-state index contributed by atoms with van der Waals surface area (Å²) >= 11 is 0. The number of hydrogen-bond acceptors (Lipinski definition) is 5. The van der Waals surface area contributed by atoms with Gasteiger partial charge in [-0.05, 0) is 50.6 Å². The highest BCUT2D eigenvalue weighted by atomic mass is 16.6. The van der Waals surface area contributed by atoms with Crippen LogP contribution in [0.4, 0.5) is 10.5 Å². The number of alkyl carbamates (subject to hydrolysis) is 1. The molecule has 0 fully saturated rings. The molecule has 0 unspecified atom stereocenters. The van der Waals surface area contributed by atoms with E-state index in [2.05, 4.69) is 16.0 Å². The Morgan fingerprint density at radius 3 is 2.17 bits per heavy atom. The highest BCUT2D eigenvalue weighted by Crippen LogP contribution is 2.10. The minimum atomic E-state index is -0.653. The Balaban J connectivity index is 1.69. The van der Waals surface area contributed by atoms with Gasteiger partial charge in [0.05, 0.1) is 0 Å². The van der Waals surface area contributed by atoms with Crippen LogP contribution in [-0.2, 0) is 20.9 Å². The third-order valence-corrected chi connectivity index (χ3v) is 3.63. The Labute approximate surface area is 175 Å². The summed E-state index contributed by atoms with van der Waals surface area (Å²) in [5, 5.41) is 7.84. The Kier molecular flexibility index (Phi) is 8.22. The Morgan fingerprint density at radius 1 is 0.867 bits per heavy atom.